The molecule has 0 aliphatic carbocycles. The molecule has 1 saturated heterocycles. The van der Waals surface area contributed by atoms with Crippen molar-refractivity contribution in [1.82, 2.24) is 10.2 Å². The van der Waals surface area contributed by atoms with Crippen molar-refractivity contribution in [3.63, 3.8) is 0 Å². The summed E-state index contributed by atoms with van der Waals surface area (Å²) in [6.45, 7) is 7.86. The second kappa shape index (κ2) is 10.3. The van der Waals surface area contributed by atoms with Crippen molar-refractivity contribution in [3.05, 3.63) is 53.1 Å². The largest absolute Gasteiger partial charge is 0.493 e. The van der Waals surface area contributed by atoms with Crippen molar-refractivity contribution < 1.29 is 14.3 Å². The second-order valence-electron chi connectivity index (χ2n) is 7.04. The van der Waals surface area contributed by atoms with E-state index in [1.165, 1.54) is 16.8 Å². The fourth-order valence-corrected chi connectivity index (χ4v) is 3.51. The van der Waals surface area contributed by atoms with Gasteiger partial charge in [0, 0.05) is 38.4 Å². The summed E-state index contributed by atoms with van der Waals surface area (Å²) >= 11 is 0. The Kier molecular flexibility index (Phi) is 8.02. The van der Waals surface area contributed by atoms with E-state index >= 15 is 0 Å². The quantitative estimate of drug-likeness (QED) is 0.801. The van der Waals surface area contributed by atoms with Crippen molar-refractivity contribution in [2.75, 3.05) is 45.3 Å². The highest BCUT2D eigenvalue weighted by Crippen LogP contribution is 2.27. The second-order valence-corrected chi connectivity index (χ2v) is 7.04. The van der Waals surface area contributed by atoms with E-state index in [-0.39, 0.29) is 18.4 Å². The summed E-state index contributed by atoms with van der Waals surface area (Å²) in [5, 5.41) is 3.00. The van der Waals surface area contributed by atoms with Crippen LogP contribution in [-0.2, 0) is 6.54 Å². The van der Waals surface area contributed by atoms with Gasteiger partial charge in [0.05, 0.1) is 14.2 Å². The first-order valence-electron chi connectivity index (χ1n) is 9.58. The zero-order valence-electron chi connectivity index (χ0n) is 17.5. The minimum atomic E-state index is -0.0320. The number of urea groups is 1. The number of anilines is 1. The van der Waals surface area contributed by atoms with Gasteiger partial charge in [0.25, 0.3) is 0 Å². The average Bonchev–Trinajstić information content (AvgIpc) is 2.73. The molecule has 0 radical (unpaired) electrons. The number of hydrogen-bond acceptors (Lipinski definition) is 4. The van der Waals surface area contributed by atoms with Crippen LogP contribution in [0.25, 0.3) is 0 Å². The van der Waals surface area contributed by atoms with Crippen molar-refractivity contribution in [2.45, 2.75) is 20.4 Å². The lowest BCUT2D eigenvalue weighted by Crippen LogP contribution is -2.51. The molecule has 1 fully saturated rings. The fraction of sp³-hybridized carbons (Fsp3) is 0.409. The van der Waals surface area contributed by atoms with Crippen LogP contribution < -0.4 is 19.7 Å². The molecule has 158 valence electrons. The number of ether oxygens (including phenoxy) is 2. The molecule has 1 heterocycles. The van der Waals surface area contributed by atoms with E-state index < -0.39 is 0 Å². The Hall–Kier alpha value is -2.60. The number of aryl methyl sites for hydroxylation is 1. The van der Waals surface area contributed by atoms with E-state index in [2.05, 4.69) is 42.3 Å². The normalized spacial score (nSPS) is 13.5. The lowest BCUT2D eigenvalue weighted by Gasteiger charge is -2.37. The Morgan fingerprint density at radius 1 is 1.00 bits per heavy atom. The molecule has 2 amide bonds. The van der Waals surface area contributed by atoms with Crippen LogP contribution in [0.5, 0.6) is 11.5 Å². The van der Waals surface area contributed by atoms with Crippen LogP contribution in [0, 0.1) is 13.8 Å². The minimum Gasteiger partial charge on any atom is -0.493 e. The molecule has 0 saturated carbocycles. The van der Waals surface area contributed by atoms with Crippen LogP contribution in [0.4, 0.5) is 10.5 Å². The molecule has 7 heteroatoms. The average molecular weight is 420 g/mol. The number of carbonyl (C=O) groups is 1. The summed E-state index contributed by atoms with van der Waals surface area (Å²) in [4.78, 5) is 16.8. The first kappa shape index (κ1) is 22.7. The van der Waals surface area contributed by atoms with E-state index in [1.807, 2.05) is 23.1 Å². The molecule has 29 heavy (non-hydrogen) atoms. The molecule has 0 spiro atoms. The topological polar surface area (TPSA) is 54.0 Å². The van der Waals surface area contributed by atoms with Gasteiger partial charge in [-0.15, -0.1) is 12.4 Å². The van der Waals surface area contributed by atoms with Crippen LogP contribution in [-0.4, -0.2) is 51.3 Å². The van der Waals surface area contributed by atoms with Gasteiger partial charge in [0.1, 0.15) is 0 Å². The van der Waals surface area contributed by atoms with E-state index in [1.54, 1.807) is 14.2 Å². The number of nitrogens with zero attached hydrogens (tertiary/aromatic N) is 2. The van der Waals surface area contributed by atoms with E-state index in [4.69, 9.17) is 9.47 Å². The Balaban J connectivity index is 0.00000300. The molecule has 3 rings (SSSR count). The molecule has 1 N–H and O–H groups in total. The van der Waals surface area contributed by atoms with Crippen LogP contribution in [0.2, 0.25) is 0 Å². The van der Waals surface area contributed by atoms with Gasteiger partial charge in [-0.1, -0.05) is 18.2 Å². The smallest absolute Gasteiger partial charge is 0.317 e. The summed E-state index contributed by atoms with van der Waals surface area (Å²) in [6, 6.07) is 12.0. The number of halogens is 1. The molecule has 0 unspecified atom stereocenters. The molecule has 2 aromatic rings. The maximum atomic E-state index is 12.6. The lowest BCUT2D eigenvalue weighted by molar-refractivity contribution is 0.194. The Morgan fingerprint density at radius 3 is 2.34 bits per heavy atom. The summed E-state index contributed by atoms with van der Waals surface area (Å²) in [7, 11) is 3.22. The van der Waals surface area contributed by atoms with Crippen LogP contribution in [0.3, 0.4) is 0 Å². The van der Waals surface area contributed by atoms with Gasteiger partial charge in [0.15, 0.2) is 11.5 Å². The molecule has 0 atom stereocenters. The highest BCUT2D eigenvalue weighted by atomic mass is 35.5. The molecule has 1 aliphatic heterocycles. The summed E-state index contributed by atoms with van der Waals surface area (Å²) < 4.78 is 10.6. The van der Waals surface area contributed by atoms with Gasteiger partial charge in [0.2, 0.25) is 0 Å². The third kappa shape index (κ3) is 5.26. The zero-order valence-corrected chi connectivity index (χ0v) is 18.3. The molecule has 6 nitrogen and oxygen atoms in total. The number of hydrogen-bond donors (Lipinski definition) is 1. The number of piperazine rings is 1. The number of carbonyl (C=O) groups excluding carboxylic acids is 1. The SMILES string of the molecule is COc1ccc(CNC(=O)N2CCN(c3cccc(C)c3C)CC2)cc1OC.Cl. The standard InChI is InChI=1S/C22H29N3O3.ClH/c1-16-6-5-7-19(17(16)2)24-10-12-25(13-11-24)22(26)23-15-18-8-9-20(27-3)21(14-18)28-4;/h5-9,14H,10-13,15H2,1-4H3,(H,23,26);1H. The van der Waals surface area contributed by atoms with Crippen molar-refractivity contribution in [2.24, 2.45) is 0 Å². The summed E-state index contributed by atoms with van der Waals surface area (Å²) in [6.07, 6.45) is 0. The Labute approximate surface area is 179 Å². The third-order valence-electron chi connectivity index (χ3n) is 5.38. The molecule has 1 aliphatic rings. The van der Waals surface area contributed by atoms with E-state index in [9.17, 15) is 4.79 Å². The minimum absolute atomic E-state index is 0. The van der Waals surface area contributed by atoms with Gasteiger partial charge in [-0.3, -0.25) is 0 Å². The zero-order chi connectivity index (χ0) is 20.1. The predicted molar refractivity (Wildman–Crippen MR) is 119 cm³/mol. The lowest BCUT2D eigenvalue weighted by atomic mass is 10.1. The first-order chi connectivity index (χ1) is 13.5. The number of amides is 2. The maximum Gasteiger partial charge on any atom is 0.317 e. The van der Waals surface area contributed by atoms with Crippen molar-refractivity contribution >= 4 is 24.1 Å². The third-order valence-corrected chi connectivity index (χ3v) is 5.38. The van der Waals surface area contributed by atoms with Gasteiger partial charge < -0.3 is 24.6 Å². The molecular formula is C22H30ClN3O3. The Morgan fingerprint density at radius 2 is 1.69 bits per heavy atom. The first-order valence-corrected chi connectivity index (χ1v) is 9.58. The summed E-state index contributed by atoms with van der Waals surface area (Å²) in [5.41, 5.74) is 4.85. The van der Waals surface area contributed by atoms with E-state index in [0.29, 0.717) is 31.1 Å². The van der Waals surface area contributed by atoms with Gasteiger partial charge in [-0.2, -0.15) is 0 Å². The monoisotopic (exact) mass is 419 g/mol. The van der Waals surface area contributed by atoms with E-state index in [0.717, 1.165) is 18.7 Å². The molecule has 0 bridgehead atoms. The van der Waals surface area contributed by atoms with Crippen molar-refractivity contribution in [3.8, 4) is 11.5 Å². The van der Waals surface area contributed by atoms with Crippen molar-refractivity contribution in [1.29, 1.82) is 0 Å². The molecular weight excluding hydrogens is 390 g/mol. The van der Waals surface area contributed by atoms with Gasteiger partial charge in [-0.25, -0.2) is 4.79 Å². The fourth-order valence-electron chi connectivity index (χ4n) is 3.51. The van der Waals surface area contributed by atoms with Crippen LogP contribution in [0.15, 0.2) is 36.4 Å². The number of nitrogens with one attached hydrogen (secondary N) is 1. The number of rotatable bonds is 5. The molecule has 2 aromatic carbocycles. The highest BCUT2D eigenvalue weighted by molar-refractivity contribution is 5.85. The van der Waals surface area contributed by atoms with Gasteiger partial charge >= 0.3 is 6.03 Å². The highest BCUT2D eigenvalue weighted by Gasteiger charge is 2.22. The predicted octanol–water partition coefficient (Wildman–Crippen LogP) is 3.77. The van der Waals surface area contributed by atoms with Crippen LogP contribution >= 0.6 is 12.4 Å². The van der Waals surface area contributed by atoms with Gasteiger partial charge in [-0.05, 0) is 48.7 Å². The van der Waals surface area contributed by atoms with Crippen LogP contribution in [0.1, 0.15) is 16.7 Å². The summed E-state index contributed by atoms with van der Waals surface area (Å²) in [5.74, 6) is 1.34. The Bertz CT molecular complexity index is 836. The number of methoxy groups -OCH3 is 2. The molecule has 0 aromatic heterocycles. The maximum absolute atomic E-state index is 12.6. The number of benzene rings is 2.